The first-order valence-electron chi connectivity index (χ1n) is 6.06. The zero-order valence-electron chi connectivity index (χ0n) is 9.90. The first-order chi connectivity index (χ1) is 8.13. The molecule has 1 heterocycles. The van der Waals surface area contributed by atoms with E-state index in [4.69, 9.17) is 5.73 Å². The van der Waals surface area contributed by atoms with Crippen LogP contribution in [0.4, 0.5) is 5.69 Å². The number of aliphatic hydroxyl groups is 1. The summed E-state index contributed by atoms with van der Waals surface area (Å²) in [6.45, 7) is 2.21. The van der Waals surface area contributed by atoms with E-state index < -0.39 is 5.60 Å². The minimum absolute atomic E-state index is 0.360. The van der Waals surface area contributed by atoms with Crippen LogP contribution in [0.3, 0.4) is 0 Å². The molecule has 0 aromatic heterocycles. The molecule has 3 nitrogen and oxygen atoms in total. The Balaban J connectivity index is 2.09. The van der Waals surface area contributed by atoms with E-state index in [-0.39, 0.29) is 0 Å². The van der Waals surface area contributed by atoms with Crippen LogP contribution in [0.25, 0.3) is 0 Å². The van der Waals surface area contributed by atoms with Gasteiger partial charge in [0.05, 0.1) is 5.60 Å². The van der Waals surface area contributed by atoms with E-state index in [9.17, 15) is 5.11 Å². The maximum absolute atomic E-state index is 10.2. The Morgan fingerprint density at radius 1 is 1.35 bits per heavy atom. The number of nitrogens with two attached hydrogens (primary N) is 1. The van der Waals surface area contributed by atoms with E-state index in [1.807, 2.05) is 12.1 Å². The molecule has 94 valence electrons. The van der Waals surface area contributed by atoms with Gasteiger partial charge in [0.25, 0.3) is 0 Å². The van der Waals surface area contributed by atoms with Gasteiger partial charge in [0.15, 0.2) is 0 Å². The highest BCUT2D eigenvalue weighted by Crippen LogP contribution is 2.26. The lowest BCUT2D eigenvalue weighted by Crippen LogP contribution is -2.38. The van der Waals surface area contributed by atoms with Gasteiger partial charge in [0.2, 0.25) is 0 Å². The van der Waals surface area contributed by atoms with Gasteiger partial charge < -0.3 is 15.7 Å². The summed E-state index contributed by atoms with van der Waals surface area (Å²) in [6.07, 6.45) is 2.53. The number of halogens is 1. The standard InChI is InChI=1S/C13H19BrN2O/c14-11-3-1-4-12(9-11)16-7-2-5-13(17,10-15)6-8-16/h1,3-4,9,17H,2,5-8,10,15H2. The smallest absolute Gasteiger partial charge is 0.0786 e. The molecular formula is C13H19BrN2O. The maximum Gasteiger partial charge on any atom is 0.0786 e. The first kappa shape index (κ1) is 12.9. The number of benzene rings is 1. The Hall–Kier alpha value is -0.580. The van der Waals surface area contributed by atoms with Gasteiger partial charge in [-0.1, -0.05) is 22.0 Å². The van der Waals surface area contributed by atoms with Gasteiger partial charge in [0.1, 0.15) is 0 Å². The van der Waals surface area contributed by atoms with Crippen molar-refractivity contribution < 1.29 is 5.11 Å². The third kappa shape index (κ3) is 3.21. The monoisotopic (exact) mass is 298 g/mol. The second-order valence-electron chi connectivity index (χ2n) is 4.75. The lowest BCUT2D eigenvalue weighted by Gasteiger charge is -2.26. The van der Waals surface area contributed by atoms with Crippen LogP contribution < -0.4 is 10.6 Å². The van der Waals surface area contributed by atoms with E-state index in [1.165, 1.54) is 5.69 Å². The van der Waals surface area contributed by atoms with Gasteiger partial charge in [-0.05, 0) is 37.5 Å². The first-order valence-corrected chi connectivity index (χ1v) is 6.85. The van der Waals surface area contributed by atoms with Crippen molar-refractivity contribution in [3.8, 4) is 0 Å². The zero-order chi connectivity index (χ0) is 12.3. The highest BCUT2D eigenvalue weighted by molar-refractivity contribution is 9.10. The van der Waals surface area contributed by atoms with Crippen molar-refractivity contribution in [2.75, 3.05) is 24.5 Å². The van der Waals surface area contributed by atoms with Crippen LogP contribution in [0.1, 0.15) is 19.3 Å². The fourth-order valence-electron chi connectivity index (χ4n) is 2.31. The summed E-state index contributed by atoms with van der Waals surface area (Å²) in [5.74, 6) is 0. The highest BCUT2D eigenvalue weighted by Gasteiger charge is 2.28. The molecule has 17 heavy (non-hydrogen) atoms. The topological polar surface area (TPSA) is 49.5 Å². The van der Waals surface area contributed by atoms with Crippen molar-refractivity contribution >= 4 is 21.6 Å². The molecule has 1 unspecified atom stereocenters. The Labute approximate surface area is 111 Å². The predicted octanol–water partition coefficient (Wildman–Crippen LogP) is 2.13. The summed E-state index contributed by atoms with van der Waals surface area (Å²) >= 11 is 3.49. The fourth-order valence-corrected chi connectivity index (χ4v) is 2.70. The van der Waals surface area contributed by atoms with Crippen LogP contribution in [-0.2, 0) is 0 Å². The molecule has 2 rings (SSSR count). The fraction of sp³-hybridized carbons (Fsp3) is 0.538. The Bertz CT molecular complexity index is 385. The van der Waals surface area contributed by atoms with Crippen molar-refractivity contribution in [1.29, 1.82) is 0 Å². The molecule has 0 saturated carbocycles. The number of anilines is 1. The summed E-state index contributed by atoms with van der Waals surface area (Å²) in [5, 5.41) is 10.2. The van der Waals surface area contributed by atoms with Gasteiger partial charge in [-0.15, -0.1) is 0 Å². The van der Waals surface area contributed by atoms with Crippen molar-refractivity contribution in [2.24, 2.45) is 5.73 Å². The van der Waals surface area contributed by atoms with E-state index >= 15 is 0 Å². The molecule has 0 spiro atoms. The summed E-state index contributed by atoms with van der Waals surface area (Å²) in [6, 6.07) is 8.29. The molecule has 1 aliphatic heterocycles. The Morgan fingerprint density at radius 3 is 2.88 bits per heavy atom. The molecule has 3 N–H and O–H groups in total. The molecular weight excluding hydrogens is 280 g/mol. The van der Waals surface area contributed by atoms with E-state index in [0.717, 1.165) is 36.8 Å². The highest BCUT2D eigenvalue weighted by atomic mass is 79.9. The molecule has 0 bridgehead atoms. The average Bonchev–Trinajstić information content (AvgIpc) is 2.52. The summed E-state index contributed by atoms with van der Waals surface area (Å²) in [4.78, 5) is 2.32. The van der Waals surface area contributed by atoms with Crippen molar-refractivity contribution in [2.45, 2.75) is 24.9 Å². The number of hydrogen-bond donors (Lipinski definition) is 2. The molecule has 1 aliphatic rings. The van der Waals surface area contributed by atoms with Crippen LogP contribution in [0.5, 0.6) is 0 Å². The quantitative estimate of drug-likeness (QED) is 0.879. The van der Waals surface area contributed by atoms with Gasteiger partial charge in [-0.2, -0.15) is 0 Å². The minimum atomic E-state index is -0.666. The van der Waals surface area contributed by atoms with E-state index in [1.54, 1.807) is 0 Å². The van der Waals surface area contributed by atoms with E-state index in [2.05, 4.69) is 33.0 Å². The SMILES string of the molecule is NCC1(O)CCCN(c2cccc(Br)c2)CC1. The minimum Gasteiger partial charge on any atom is -0.389 e. The molecule has 0 amide bonds. The molecule has 4 heteroatoms. The van der Waals surface area contributed by atoms with Gasteiger partial charge >= 0.3 is 0 Å². The largest absolute Gasteiger partial charge is 0.389 e. The summed E-state index contributed by atoms with van der Waals surface area (Å²) in [7, 11) is 0. The molecule has 0 radical (unpaired) electrons. The molecule has 1 atom stereocenters. The number of nitrogens with zero attached hydrogens (tertiary/aromatic N) is 1. The van der Waals surface area contributed by atoms with Gasteiger partial charge in [-0.25, -0.2) is 0 Å². The molecule has 1 saturated heterocycles. The van der Waals surface area contributed by atoms with Gasteiger partial charge in [0, 0.05) is 29.8 Å². The third-order valence-electron chi connectivity index (χ3n) is 3.47. The van der Waals surface area contributed by atoms with Crippen molar-refractivity contribution in [3.05, 3.63) is 28.7 Å². The van der Waals surface area contributed by atoms with Crippen molar-refractivity contribution in [3.63, 3.8) is 0 Å². The third-order valence-corrected chi connectivity index (χ3v) is 3.96. The molecule has 1 fully saturated rings. The van der Waals surface area contributed by atoms with Crippen LogP contribution in [0.2, 0.25) is 0 Å². The predicted molar refractivity (Wildman–Crippen MR) is 74.2 cm³/mol. The summed E-state index contributed by atoms with van der Waals surface area (Å²) < 4.78 is 1.09. The molecule has 1 aromatic carbocycles. The van der Waals surface area contributed by atoms with Crippen LogP contribution in [0.15, 0.2) is 28.7 Å². The Morgan fingerprint density at radius 2 is 2.18 bits per heavy atom. The lowest BCUT2D eigenvalue weighted by molar-refractivity contribution is 0.0375. The molecule has 1 aromatic rings. The summed E-state index contributed by atoms with van der Waals surface area (Å²) in [5.41, 5.74) is 6.18. The van der Waals surface area contributed by atoms with E-state index in [0.29, 0.717) is 6.54 Å². The normalized spacial score (nSPS) is 25.7. The lowest BCUT2D eigenvalue weighted by atomic mass is 9.95. The second-order valence-corrected chi connectivity index (χ2v) is 5.66. The maximum atomic E-state index is 10.2. The average molecular weight is 299 g/mol. The van der Waals surface area contributed by atoms with Crippen LogP contribution in [0, 0.1) is 0 Å². The zero-order valence-corrected chi connectivity index (χ0v) is 11.5. The number of hydrogen-bond acceptors (Lipinski definition) is 3. The second kappa shape index (κ2) is 5.38. The number of rotatable bonds is 2. The van der Waals surface area contributed by atoms with Crippen LogP contribution in [-0.4, -0.2) is 30.3 Å². The molecule has 0 aliphatic carbocycles. The van der Waals surface area contributed by atoms with Crippen molar-refractivity contribution in [1.82, 2.24) is 0 Å². The Kier molecular flexibility index (Phi) is 4.07. The van der Waals surface area contributed by atoms with Gasteiger partial charge in [-0.3, -0.25) is 0 Å². The van der Waals surface area contributed by atoms with Crippen LogP contribution >= 0.6 is 15.9 Å².